The van der Waals surface area contributed by atoms with Gasteiger partial charge in [0.1, 0.15) is 5.75 Å². The highest BCUT2D eigenvalue weighted by atomic mass is 32.2. The standard InChI is InChI=1S/C26H29N3OS/c1-5-29-25(19(4)30-23-15-13-20(14-16-23)18(2)3)27-28-26(29)31-17-22-11-8-10-21-9-6-7-12-24(21)22/h6-16,18-19H,5,17H2,1-4H3. The minimum absolute atomic E-state index is 0.177. The fourth-order valence-corrected chi connectivity index (χ4v) is 4.77. The molecule has 4 rings (SSSR count). The first-order valence-electron chi connectivity index (χ1n) is 10.9. The van der Waals surface area contributed by atoms with Gasteiger partial charge in [-0.1, -0.05) is 80.2 Å². The molecule has 0 aliphatic heterocycles. The third kappa shape index (κ3) is 4.77. The van der Waals surface area contributed by atoms with Gasteiger partial charge in [0.2, 0.25) is 0 Å². The highest BCUT2D eigenvalue weighted by molar-refractivity contribution is 7.98. The van der Waals surface area contributed by atoms with E-state index in [2.05, 4.69) is 90.1 Å². The molecular formula is C26H29N3OS. The molecule has 0 amide bonds. The number of ether oxygens (including phenoxy) is 1. The van der Waals surface area contributed by atoms with Crippen molar-refractivity contribution in [3.05, 3.63) is 83.7 Å². The number of hydrogen-bond acceptors (Lipinski definition) is 4. The molecule has 0 spiro atoms. The zero-order valence-corrected chi connectivity index (χ0v) is 19.4. The Bertz CT molecular complexity index is 1150. The van der Waals surface area contributed by atoms with E-state index < -0.39 is 0 Å². The molecule has 0 radical (unpaired) electrons. The zero-order chi connectivity index (χ0) is 21.8. The summed E-state index contributed by atoms with van der Waals surface area (Å²) in [5.74, 6) is 3.07. The van der Waals surface area contributed by atoms with Crippen LogP contribution in [-0.4, -0.2) is 14.8 Å². The Labute approximate surface area is 188 Å². The maximum atomic E-state index is 6.18. The van der Waals surface area contributed by atoms with Crippen molar-refractivity contribution in [1.82, 2.24) is 14.8 Å². The van der Waals surface area contributed by atoms with E-state index in [-0.39, 0.29) is 6.10 Å². The predicted molar refractivity (Wildman–Crippen MR) is 129 cm³/mol. The largest absolute Gasteiger partial charge is 0.483 e. The third-order valence-corrected chi connectivity index (χ3v) is 6.54. The van der Waals surface area contributed by atoms with Crippen LogP contribution in [0.5, 0.6) is 5.75 Å². The van der Waals surface area contributed by atoms with E-state index in [9.17, 15) is 0 Å². The smallest absolute Gasteiger partial charge is 0.191 e. The lowest BCUT2D eigenvalue weighted by Crippen LogP contribution is -2.12. The molecule has 5 heteroatoms. The number of benzene rings is 3. The molecule has 4 aromatic rings. The Hall–Kier alpha value is -2.79. The normalized spacial score (nSPS) is 12.4. The average Bonchev–Trinajstić information content (AvgIpc) is 3.21. The van der Waals surface area contributed by atoms with Crippen LogP contribution in [0.4, 0.5) is 0 Å². The van der Waals surface area contributed by atoms with Gasteiger partial charge in [0, 0.05) is 12.3 Å². The van der Waals surface area contributed by atoms with Crippen LogP contribution in [0.1, 0.15) is 56.7 Å². The highest BCUT2D eigenvalue weighted by Crippen LogP contribution is 2.29. The van der Waals surface area contributed by atoms with Crippen molar-refractivity contribution in [3.8, 4) is 5.75 Å². The van der Waals surface area contributed by atoms with Crippen LogP contribution >= 0.6 is 11.8 Å². The fraction of sp³-hybridized carbons (Fsp3) is 0.308. The third-order valence-electron chi connectivity index (χ3n) is 5.52. The summed E-state index contributed by atoms with van der Waals surface area (Å²) in [5.41, 5.74) is 2.62. The van der Waals surface area contributed by atoms with Gasteiger partial charge in [-0.15, -0.1) is 10.2 Å². The molecule has 1 heterocycles. The van der Waals surface area contributed by atoms with Crippen LogP contribution in [0.3, 0.4) is 0 Å². The zero-order valence-electron chi connectivity index (χ0n) is 18.6. The molecule has 3 aromatic carbocycles. The molecular weight excluding hydrogens is 402 g/mol. The summed E-state index contributed by atoms with van der Waals surface area (Å²) >= 11 is 1.72. The van der Waals surface area contributed by atoms with Crippen LogP contribution in [0.2, 0.25) is 0 Å². The average molecular weight is 432 g/mol. The summed E-state index contributed by atoms with van der Waals surface area (Å²) in [4.78, 5) is 0. The van der Waals surface area contributed by atoms with Crippen molar-refractivity contribution in [1.29, 1.82) is 0 Å². The SMILES string of the molecule is CCn1c(SCc2cccc3ccccc23)nnc1C(C)Oc1ccc(C(C)C)cc1. The van der Waals surface area contributed by atoms with Gasteiger partial charge in [0.05, 0.1) is 0 Å². The Morgan fingerprint density at radius 3 is 2.39 bits per heavy atom. The summed E-state index contributed by atoms with van der Waals surface area (Å²) in [7, 11) is 0. The van der Waals surface area contributed by atoms with Crippen molar-refractivity contribution < 1.29 is 4.74 Å². The molecule has 0 saturated carbocycles. The molecule has 31 heavy (non-hydrogen) atoms. The van der Waals surface area contributed by atoms with E-state index in [1.807, 2.05) is 19.1 Å². The second-order valence-corrected chi connectivity index (χ2v) is 8.94. The van der Waals surface area contributed by atoms with E-state index in [0.717, 1.165) is 29.0 Å². The molecule has 0 saturated heterocycles. The molecule has 1 atom stereocenters. The first-order chi connectivity index (χ1) is 15.1. The van der Waals surface area contributed by atoms with Gasteiger partial charge in [0.25, 0.3) is 0 Å². The van der Waals surface area contributed by atoms with E-state index in [0.29, 0.717) is 5.92 Å². The lowest BCUT2D eigenvalue weighted by Gasteiger charge is -2.16. The summed E-state index contributed by atoms with van der Waals surface area (Å²) in [6.07, 6.45) is -0.177. The molecule has 160 valence electrons. The van der Waals surface area contributed by atoms with Gasteiger partial charge < -0.3 is 9.30 Å². The molecule has 0 bridgehead atoms. The number of aromatic nitrogens is 3. The van der Waals surface area contributed by atoms with E-state index >= 15 is 0 Å². The minimum atomic E-state index is -0.177. The summed E-state index contributed by atoms with van der Waals surface area (Å²) in [5, 5.41) is 12.4. The maximum absolute atomic E-state index is 6.18. The summed E-state index contributed by atoms with van der Waals surface area (Å²) < 4.78 is 8.33. The Balaban J connectivity index is 1.49. The number of fused-ring (bicyclic) bond motifs is 1. The lowest BCUT2D eigenvalue weighted by molar-refractivity contribution is 0.210. The quantitative estimate of drug-likeness (QED) is 0.281. The molecule has 1 aromatic heterocycles. The predicted octanol–water partition coefficient (Wildman–Crippen LogP) is 7.01. The maximum Gasteiger partial charge on any atom is 0.191 e. The molecule has 0 fully saturated rings. The second-order valence-electron chi connectivity index (χ2n) is 8.00. The highest BCUT2D eigenvalue weighted by Gasteiger charge is 2.19. The van der Waals surface area contributed by atoms with Gasteiger partial charge in [0.15, 0.2) is 17.1 Å². The fourth-order valence-electron chi connectivity index (χ4n) is 3.75. The number of rotatable bonds is 8. The number of nitrogens with zero attached hydrogens (tertiary/aromatic N) is 3. The minimum Gasteiger partial charge on any atom is -0.483 e. The van der Waals surface area contributed by atoms with Crippen LogP contribution in [0.15, 0.2) is 71.9 Å². The number of thioether (sulfide) groups is 1. The van der Waals surface area contributed by atoms with E-state index in [1.165, 1.54) is 21.9 Å². The van der Waals surface area contributed by atoms with Gasteiger partial charge in [-0.2, -0.15) is 0 Å². The second kappa shape index (κ2) is 9.56. The number of hydrogen-bond donors (Lipinski definition) is 0. The molecule has 1 unspecified atom stereocenters. The van der Waals surface area contributed by atoms with Crippen molar-refractivity contribution in [2.45, 2.75) is 57.2 Å². The first-order valence-corrected chi connectivity index (χ1v) is 11.8. The molecule has 0 aliphatic carbocycles. The van der Waals surface area contributed by atoms with Gasteiger partial charge in [-0.05, 0) is 53.8 Å². The van der Waals surface area contributed by atoms with Gasteiger partial charge >= 0.3 is 0 Å². The Morgan fingerprint density at radius 1 is 0.903 bits per heavy atom. The molecule has 0 aliphatic rings. The van der Waals surface area contributed by atoms with Crippen LogP contribution in [0, 0.1) is 0 Å². The van der Waals surface area contributed by atoms with Crippen molar-refractivity contribution in [3.63, 3.8) is 0 Å². The lowest BCUT2D eigenvalue weighted by atomic mass is 10.0. The van der Waals surface area contributed by atoms with Crippen molar-refractivity contribution in [2.24, 2.45) is 0 Å². The molecule has 0 N–H and O–H groups in total. The van der Waals surface area contributed by atoms with Crippen molar-refractivity contribution in [2.75, 3.05) is 0 Å². The Kier molecular flexibility index (Phi) is 6.62. The van der Waals surface area contributed by atoms with Crippen LogP contribution in [0.25, 0.3) is 10.8 Å². The monoisotopic (exact) mass is 431 g/mol. The van der Waals surface area contributed by atoms with E-state index in [4.69, 9.17) is 4.74 Å². The summed E-state index contributed by atoms with van der Waals surface area (Å²) in [6, 6.07) is 23.3. The van der Waals surface area contributed by atoms with Crippen LogP contribution < -0.4 is 4.74 Å². The van der Waals surface area contributed by atoms with Crippen LogP contribution in [-0.2, 0) is 12.3 Å². The van der Waals surface area contributed by atoms with Gasteiger partial charge in [-0.25, -0.2) is 0 Å². The molecule has 4 nitrogen and oxygen atoms in total. The van der Waals surface area contributed by atoms with Crippen molar-refractivity contribution >= 4 is 22.5 Å². The summed E-state index contributed by atoms with van der Waals surface area (Å²) in [6.45, 7) is 9.35. The topological polar surface area (TPSA) is 39.9 Å². The Morgan fingerprint density at radius 2 is 1.65 bits per heavy atom. The van der Waals surface area contributed by atoms with E-state index in [1.54, 1.807) is 11.8 Å². The first kappa shape index (κ1) is 21.4. The van der Waals surface area contributed by atoms with Gasteiger partial charge in [-0.3, -0.25) is 0 Å².